The molecule has 0 N–H and O–H groups in total. The molecule has 0 spiro atoms. The van der Waals surface area contributed by atoms with Gasteiger partial charge >= 0.3 is 0 Å². The van der Waals surface area contributed by atoms with Crippen molar-refractivity contribution >= 4 is 37.6 Å². The van der Waals surface area contributed by atoms with Gasteiger partial charge in [-0.3, -0.25) is 0 Å². The maximum atomic E-state index is 4.38. The van der Waals surface area contributed by atoms with Gasteiger partial charge in [0.1, 0.15) is 0 Å². The van der Waals surface area contributed by atoms with Crippen LogP contribution >= 0.6 is 22.6 Å². The second-order valence-corrected chi connectivity index (χ2v) is 7.90. The summed E-state index contributed by atoms with van der Waals surface area (Å²) in [7, 11) is 0. The molecule has 0 saturated carbocycles. The summed E-state index contributed by atoms with van der Waals surface area (Å²) in [5.74, 6) is 0.802. The molecular formula is C22H14IN5. The van der Waals surface area contributed by atoms with E-state index in [-0.39, 0.29) is 6.17 Å². The first-order chi connectivity index (χ1) is 13.8. The number of para-hydroxylation sites is 1. The summed E-state index contributed by atoms with van der Waals surface area (Å²) in [6, 6.07) is 27.4. The van der Waals surface area contributed by atoms with Gasteiger partial charge in [-0.05, 0) is 56.3 Å². The van der Waals surface area contributed by atoms with E-state index >= 15 is 0 Å². The lowest BCUT2D eigenvalue weighted by molar-refractivity contribution is 0.508. The number of hydrogen-bond acceptors (Lipinski definition) is 4. The first kappa shape index (κ1) is 16.0. The highest BCUT2D eigenvalue weighted by Crippen LogP contribution is 2.52. The number of halogens is 1. The Hall–Kier alpha value is -3.00. The molecule has 2 aliphatic rings. The summed E-state index contributed by atoms with van der Waals surface area (Å²) in [6.07, 6.45) is -0.121. The SMILES string of the molecule is IC1=C(c2ccccc2)N2c3ccccc3-c3nnnn3C2c2ccccc21. The van der Waals surface area contributed by atoms with Crippen molar-refractivity contribution in [1.82, 2.24) is 20.2 Å². The molecule has 3 aromatic carbocycles. The van der Waals surface area contributed by atoms with Gasteiger partial charge in [0, 0.05) is 14.7 Å². The predicted molar refractivity (Wildman–Crippen MR) is 118 cm³/mol. The zero-order chi connectivity index (χ0) is 18.7. The van der Waals surface area contributed by atoms with Crippen LogP contribution in [0.25, 0.3) is 20.7 Å². The quantitative estimate of drug-likeness (QED) is 0.365. The zero-order valence-corrected chi connectivity index (χ0v) is 16.9. The van der Waals surface area contributed by atoms with E-state index in [4.69, 9.17) is 0 Å². The molecular weight excluding hydrogens is 461 g/mol. The molecule has 0 saturated heterocycles. The molecule has 3 heterocycles. The van der Waals surface area contributed by atoms with Gasteiger partial charge in [-0.1, -0.05) is 66.7 Å². The first-order valence-electron chi connectivity index (χ1n) is 9.05. The van der Waals surface area contributed by atoms with E-state index < -0.39 is 0 Å². The third-order valence-electron chi connectivity index (χ3n) is 5.34. The van der Waals surface area contributed by atoms with Crippen LogP contribution in [0.5, 0.6) is 0 Å². The van der Waals surface area contributed by atoms with Crippen LogP contribution < -0.4 is 4.90 Å². The molecule has 1 unspecified atom stereocenters. The molecule has 1 atom stereocenters. The standard InChI is InChI=1S/C22H14IN5/c23-19-15-10-4-5-11-16(15)22-27(20(19)14-8-2-1-3-9-14)18-13-7-6-12-17(18)21-24-25-26-28(21)22/h1-13,22H. The van der Waals surface area contributed by atoms with Crippen molar-refractivity contribution in [2.45, 2.75) is 6.17 Å². The smallest absolute Gasteiger partial charge is 0.186 e. The fraction of sp³-hybridized carbons (Fsp3) is 0.0455. The minimum Gasteiger partial charge on any atom is -0.312 e. The van der Waals surface area contributed by atoms with Gasteiger partial charge in [0.25, 0.3) is 0 Å². The average molecular weight is 475 g/mol. The van der Waals surface area contributed by atoms with Crippen molar-refractivity contribution in [2.75, 3.05) is 4.90 Å². The molecule has 0 amide bonds. The highest BCUT2D eigenvalue weighted by molar-refractivity contribution is 14.1. The predicted octanol–water partition coefficient (Wildman–Crippen LogP) is 4.98. The highest BCUT2D eigenvalue weighted by atomic mass is 127. The van der Waals surface area contributed by atoms with Gasteiger partial charge in [0.15, 0.2) is 12.0 Å². The molecule has 134 valence electrons. The van der Waals surface area contributed by atoms with E-state index in [0.29, 0.717) is 0 Å². The van der Waals surface area contributed by atoms with Gasteiger partial charge in [-0.15, -0.1) is 5.10 Å². The molecule has 6 rings (SSSR count). The lowest BCUT2D eigenvalue weighted by atomic mass is 9.92. The van der Waals surface area contributed by atoms with E-state index in [0.717, 1.165) is 17.1 Å². The molecule has 2 aliphatic heterocycles. The van der Waals surface area contributed by atoms with Gasteiger partial charge in [0.2, 0.25) is 0 Å². The number of hydrogen-bond donors (Lipinski definition) is 0. The third kappa shape index (κ3) is 2.09. The number of nitrogens with zero attached hydrogens (tertiary/aromatic N) is 5. The van der Waals surface area contributed by atoms with E-state index in [1.807, 2.05) is 10.7 Å². The molecule has 0 radical (unpaired) electrons. The van der Waals surface area contributed by atoms with Crippen LogP contribution in [0, 0.1) is 0 Å². The van der Waals surface area contributed by atoms with Gasteiger partial charge in [-0.25, -0.2) is 0 Å². The van der Waals surface area contributed by atoms with Gasteiger partial charge in [0.05, 0.1) is 11.4 Å². The lowest BCUT2D eigenvalue weighted by Gasteiger charge is -2.43. The second kappa shape index (κ2) is 6.00. The highest BCUT2D eigenvalue weighted by Gasteiger charge is 2.41. The van der Waals surface area contributed by atoms with Crippen molar-refractivity contribution in [3.63, 3.8) is 0 Å². The Morgan fingerprint density at radius 3 is 2.36 bits per heavy atom. The van der Waals surface area contributed by atoms with E-state index in [9.17, 15) is 0 Å². The summed E-state index contributed by atoms with van der Waals surface area (Å²) < 4.78 is 3.16. The normalized spacial score (nSPS) is 16.9. The number of anilines is 1. The van der Waals surface area contributed by atoms with Crippen LogP contribution in [0.4, 0.5) is 5.69 Å². The van der Waals surface area contributed by atoms with Gasteiger partial charge in [-0.2, -0.15) is 4.68 Å². The summed E-state index contributed by atoms with van der Waals surface area (Å²) in [5, 5.41) is 12.7. The topological polar surface area (TPSA) is 46.8 Å². The van der Waals surface area contributed by atoms with Crippen molar-refractivity contribution in [3.8, 4) is 11.4 Å². The number of benzene rings is 3. The van der Waals surface area contributed by atoms with Crippen molar-refractivity contribution < 1.29 is 0 Å². The molecule has 0 aliphatic carbocycles. The van der Waals surface area contributed by atoms with Crippen molar-refractivity contribution in [2.24, 2.45) is 0 Å². The molecule has 28 heavy (non-hydrogen) atoms. The fourth-order valence-electron chi connectivity index (χ4n) is 4.18. The minimum absolute atomic E-state index is 0.121. The molecule has 0 bridgehead atoms. The summed E-state index contributed by atoms with van der Waals surface area (Å²) >= 11 is 2.48. The Morgan fingerprint density at radius 1 is 0.786 bits per heavy atom. The monoisotopic (exact) mass is 475 g/mol. The second-order valence-electron chi connectivity index (χ2n) is 6.82. The first-order valence-corrected chi connectivity index (χ1v) is 10.1. The number of rotatable bonds is 1. The molecule has 1 aromatic heterocycles. The average Bonchev–Trinajstić information content (AvgIpc) is 3.25. The van der Waals surface area contributed by atoms with Crippen LogP contribution in [0.3, 0.4) is 0 Å². The van der Waals surface area contributed by atoms with E-state index in [2.05, 4.69) is 116 Å². The Morgan fingerprint density at radius 2 is 1.50 bits per heavy atom. The Kier molecular flexibility index (Phi) is 3.43. The van der Waals surface area contributed by atoms with Crippen molar-refractivity contribution in [1.29, 1.82) is 0 Å². The minimum atomic E-state index is -0.121. The maximum Gasteiger partial charge on any atom is 0.186 e. The van der Waals surface area contributed by atoms with Crippen LogP contribution in [-0.4, -0.2) is 20.2 Å². The number of tetrazole rings is 1. The summed E-state index contributed by atoms with van der Waals surface area (Å²) in [4.78, 5) is 2.37. The largest absolute Gasteiger partial charge is 0.312 e. The van der Waals surface area contributed by atoms with E-state index in [1.54, 1.807) is 0 Å². The van der Waals surface area contributed by atoms with Gasteiger partial charge < -0.3 is 4.90 Å². The van der Waals surface area contributed by atoms with Crippen LogP contribution in [-0.2, 0) is 0 Å². The van der Waals surface area contributed by atoms with Crippen molar-refractivity contribution in [3.05, 3.63) is 95.6 Å². The van der Waals surface area contributed by atoms with Crippen LogP contribution in [0.2, 0.25) is 0 Å². The maximum absolute atomic E-state index is 4.38. The van der Waals surface area contributed by atoms with Crippen LogP contribution in [0.15, 0.2) is 78.9 Å². The Balaban J connectivity index is 1.74. The third-order valence-corrected chi connectivity index (χ3v) is 6.44. The number of fused-ring (bicyclic) bond motifs is 8. The molecule has 6 heteroatoms. The summed E-state index contributed by atoms with van der Waals surface area (Å²) in [5.41, 5.74) is 6.95. The Labute approximate surface area is 175 Å². The summed E-state index contributed by atoms with van der Waals surface area (Å²) in [6.45, 7) is 0. The number of aromatic nitrogens is 4. The zero-order valence-electron chi connectivity index (χ0n) is 14.7. The lowest BCUT2D eigenvalue weighted by Crippen LogP contribution is -2.39. The fourth-order valence-corrected chi connectivity index (χ4v) is 5.24. The van der Waals surface area contributed by atoms with Crippen LogP contribution in [0.1, 0.15) is 22.9 Å². The molecule has 4 aromatic rings. The van der Waals surface area contributed by atoms with E-state index in [1.165, 1.54) is 26.0 Å². The Bertz CT molecular complexity index is 1240. The molecule has 0 fully saturated rings. The molecule has 5 nitrogen and oxygen atoms in total.